The average molecular weight is 265 g/mol. The number of benzene rings is 1. The van der Waals surface area contributed by atoms with Gasteiger partial charge >= 0.3 is 0 Å². The minimum absolute atomic E-state index is 0.609. The Kier molecular flexibility index (Phi) is 3.10. The maximum absolute atomic E-state index is 9.30. The molecule has 0 aliphatic carbocycles. The molecule has 1 aromatic heterocycles. The molecule has 0 saturated heterocycles. The van der Waals surface area contributed by atoms with E-state index in [4.69, 9.17) is 0 Å². The molecule has 1 aliphatic heterocycles. The summed E-state index contributed by atoms with van der Waals surface area (Å²) >= 11 is 0. The van der Waals surface area contributed by atoms with Crippen molar-refractivity contribution in [3.63, 3.8) is 0 Å². The van der Waals surface area contributed by atoms with E-state index in [1.165, 1.54) is 23.1 Å². The molecular formula is C17H19N3. The zero-order valence-corrected chi connectivity index (χ0v) is 12.3. The largest absolute Gasteiger partial charge is 0.327 e. The van der Waals surface area contributed by atoms with Crippen molar-refractivity contribution in [2.75, 3.05) is 0 Å². The van der Waals surface area contributed by atoms with Crippen LogP contribution in [0.3, 0.4) is 0 Å². The third kappa shape index (κ3) is 1.92. The molecule has 0 fully saturated rings. The van der Waals surface area contributed by atoms with Crippen molar-refractivity contribution in [2.24, 2.45) is 0 Å². The Labute approximate surface area is 119 Å². The molecule has 2 heterocycles. The minimum Gasteiger partial charge on any atom is -0.327 e. The maximum Gasteiger partial charge on any atom is 0.162 e. The third-order valence-corrected chi connectivity index (χ3v) is 4.31. The first-order chi connectivity index (χ1) is 9.61. The van der Waals surface area contributed by atoms with E-state index in [2.05, 4.69) is 48.5 Å². The van der Waals surface area contributed by atoms with Gasteiger partial charge in [-0.1, -0.05) is 6.07 Å². The van der Waals surface area contributed by atoms with Crippen molar-refractivity contribution in [3.05, 3.63) is 40.2 Å². The molecule has 0 amide bonds. The van der Waals surface area contributed by atoms with Crippen LogP contribution in [-0.2, 0) is 13.0 Å². The van der Waals surface area contributed by atoms with E-state index >= 15 is 0 Å². The molecular weight excluding hydrogens is 246 g/mol. The van der Waals surface area contributed by atoms with Gasteiger partial charge in [-0.05, 0) is 62.8 Å². The van der Waals surface area contributed by atoms with Gasteiger partial charge in [-0.2, -0.15) is 5.26 Å². The number of fused-ring (bicyclic) bond motifs is 1. The second-order valence-electron chi connectivity index (χ2n) is 5.70. The van der Waals surface area contributed by atoms with Crippen molar-refractivity contribution in [1.29, 1.82) is 5.26 Å². The van der Waals surface area contributed by atoms with Gasteiger partial charge in [0.1, 0.15) is 11.9 Å². The molecule has 3 nitrogen and oxygen atoms in total. The third-order valence-electron chi connectivity index (χ3n) is 4.31. The predicted octanol–water partition coefficient (Wildman–Crippen LogP) is 3.68. The first kappa shape index (κ1) is 12.9. The predicted molar refractivity (Wildman–Crippen MR) is 79.5 cm³/mol. The van der Waals surface area contributed by atoms with Gasteiger partial charge in [0.25, 0.3) is 0 Å². The lowest BCUT2D eigenvalue weighted by Gasteiger charge is -2.18. The van der Waals surface area contributed by atoms with E-state index in [9.17, 15) is 5.26 Å². The standard InChI is InChI=1S/C17H19N3/c1-11-8-13(3)14(9-12(11)2)17-19-15(10-18)16-6-4-5-7-20(16)17/h8-9H,4-7H2,1-3H3. The summed E-state index contributed by atoms with van der Waals surface area (Å²) in [5, 5.41) is 9.30. The van der Waals surface area contributed by atoms with Gasteiger partial charge in [-0.15, -0.1) is 0 Å². The SMILES string of the molecule is Cc1cc(C)c(-c2nc(C#N)c3n2CCCC3)cc1C. The molecule has 0 atom stereocenters. The molecule has 20 heavy (non-hydrogen) atoms. The molecule has 2 aromatic rings. The van der Waals surface area contributed by atoms with Crippen LogP contribution < -0.4 is 0 Å². The molecule has 0 unspecified atom stereocenters. The fraction of sp³-hybridized carbons (Fsp3) is 0.412. The van der Waals surface area contributed by atoms with Crippen LogP contribution in [0.2, 0.25) is 0 Å². The van der Waals surface area contributed by atoms with Crippen LogP contribution in [0.5, 0.6) is 0 Å². The molecule has 0 radical (unpaired) electrons. The topological polar surface area (TPSA) is 41.6 Å². The van der Waals surface area contributed by atoms with Gasteiger partial charge in [0.05, 0.1) is 5.69 Å². The Balaban J connectivity index is 2.23. The first-order valence-electron chi connectivity index (χ1n) is 7.19. The summed E-state index contributed by atoms with van der Waals surface area (Å²) in [5.74, 6) is 0.969. The lowest BCUT2D eigenvalue weighted by atomic mass is 10.00. The van der Waals surface area contributed by atoms with E-state index < -0.39 is 0 Å². The molecule has 3 rings (SSSR count). The van der Waals surface area contributed by atoms with Gasteiger partial charge in [0.15, 0.2) is 5.69 Å². The van der Waals surface area contributed by atoms with Crippen LogP contribution >= 0.6 is 0 Å². The second-order valence-corrected chi connectivity index (χ2v) is 5.70. The van der Waals surface area contributed by atoms with E-state index in [1.54, 1.807) is 0 Å². The van der Waals surface area contributed by atoms with E-state index in [0.717, 1.165) is 36.5 Å². The number of hydrogen-bond donors (Lipinski definition) is 0. The Morgan fingerprint density at radius 1 is 1.10 bits per heavy atom. The van der Waals surface area contributed by atoms with Gasteiger partial charge in [-0.3, -0.25) is 0 Å². The summed E-state index contributed by atoms with van der Waals surface area (Å²) in [5.41, 5.74) is 6.70. The van der Waals surface area contributed by atoms with Crippen LogP contribution in [0.25, 0.3) is 11.4 Å². The second kappa shape index (κ2) is 4.79. The van der Waals surface area contributed by atoms with Gasteiger partial charge in [0, 0.05) is 12.1 Å². The average Bonchev–Trinajstić information content (AvgIpc) is 2.82. The molecule has 1 aromatic carbocycles. The Morgan fingerprint density at radius 3 is 2.60 bits per heavy atom. The quantitative estimate of drug-likeness (QED) is 0.789. The minimum atomic E-state index is 0.609. The van der Waals surface area contributed by atoms with Crippen LogP contribution in [-0.4, -0.2) is 9.55 Å². The van der Waals surface area contributed by atoms with Crippen LogP contribution in [0, 0.1) is 32.1 Å². The van der Waals surface area contributed by atoms with Crippen molar-refractivity contribution >= 4 is 0 Å². The normalized spacial score (nSPS) is 13.9. The van der Waals surface area contributed by atoms with Gasteiger partial charge in [-0.25, -0.2) is 4.98 Å². The highest BCUT2D eigenvalue weighted by Gasteiger charge is 2.21. The fourth-order valence-electron chi connectivity index (χ4n) is 3.04. The summed E-state index contributed by atoms with van der Waals surface area (Å²) in [6, 6.07) is 6.67. The lowest BCUT2D eigenvalue weighted by molar-refractivity contribution is 0.535. The number of aryl methyl sites for hydroxylation is 3. The number of rotatable bonds is 1. The van der Waals surface area contributed by atoms with Crippen LogP contribution in [0.1, 0.15) is 40.9 Å². The zero-order chi connectivity index (χ0) is 14.3. The van der Waals surface area contributed by atoms with Gasteiger partial charge in [0.2, 0.25) is 0 Å². The number of aromatic nitrogens is 2. The molecule has 0 spiro atoms. The van der Waals surface area contributed by atoms with Crippen molar-refractivity contribution in [1.82, 2.24) is 9.55 Å². The van der Waals surface area contributed by atoms with Crippen molar-refractivity contribution in [3.8, 4) is 17.5 Å². The summed E-state index contributed by atoms with van der Waals surface area (Å²) < 4.78 is 2.25. The molecule has 0 N–H and O–H groups in total. The van der Waals surface area contributed by atoms with E-state index in [1.807, 2.05) is 0 Å². The molecule has 0 saturated carbocycles. The smallest absolute Gasteiger partial charge is 0.162 e. The van der Waals surface area contributed by atoms with Crippen molar-refractivity contribution in [2.45, 2.75) is 46.6 Å². The zero-order valence-electron chi connectivity index (χ0n) is 12.3. The molecule has 3 heteroatoms. The first-order valence-corrected chi connectivity index (χ1v) is 7.19. The lowest BCUT2D eigenvalue weighted by Crippen LogP contribution is -2.12. The molecule has 102 valence electrons. The Bertz CT molecular complexity index is 717. The monoisotopic (exact) mass is 265 g/mol. The highest BCUT2D eigenvalue weighted by Crippen LogP contribution is 2.30. The van der Waals surface area contributed by atoms with Crippen LogP contribution in [0.15, 0.2) is 12.1 Å². The Hall–Kier alpha value is -2.08. The van der Waals surface area contributed by atoms with E-state index in [-0.39, 0.29) is 0 Å². The molecule has 0 bridgehead atoms. The highest BCUT2D eigenvalue weighted by molar-refractivity contribution is 5.64. The number of nitrogens with zero attached hydrogens (tertiary/aromatic N) is 3. The summed E-state index contributed by atoms with van der Waals surface area (Å²) in [6.07, 6.45) is 3.30. The van der Waals surface area contributed by atoms with E-state index in [0.29, 0.717) is 5.69 Å². The molecule has 1 aliphatic rings. The summed E-state index contributed by atoms with van der Waals surface area (Å²) in [4.78, 5) is 4.61. The fourth-order valence-corrected chi connectivity index (χ4v) is 3.04. The summed E-state index contributed by atoms with van der Waals surface area (Å²) in [6.45, 7) is 7.36. The number of hydrogen-bond acceptors (Lipinski definition) is 2. The number of imidazole rings is 1. The highest BCUT2D eigenvalue weighted by atomic mass is 15.1. The maximum atomic E-state index is 9.30. The van der Waals surface area contributed by atoms with Crippen LogP contribution in [0.4, 0.5) is 0 Å². The van der Waals surface area contributed by atoms with Crippen molar-refractivity contribution < 1.29 is 0 Å². The number of nitriles is 1. The van der Waals surface area contributed by atoms with Gasteiger partial charge < -0.3 is 4.57 Å². The summed E-state index contributed by atoms with van der Waals surface area (Å²) in [7, 11) is 0. The Morgan fingerprint density at radius 2 is 1.85 bits per heavy atom.